The second-order valence-corrected chi connectivity index (χ2v) is 17.2. The molecular formula is C40H50F5NO3S. The van der Waals surface area contributed by atoms with E-state index in [0.29, 0.717) is 57.9 Å². The van der Waals surface area contributed by atoms with Crippen molar-refractivity contribution >= 4 is 23.5 Å². The van der Waals surface area contributed by atoms with Gasteiger partial charge >= 0.3 is 18.1 Å². The first-order chi connectivity index (χ1) is 23.9. The Labute approximate surface area is 297 Å². The predicted molar refractivity (Wildman–Crippen MR) is 185 cm³/mol. The molecule has 0 radical (unpaired) electrons. The molecule has 0 aromatic heterocycles. The summed E-state index contributed by atoms with van der Waals surface area (Å²) >= 11 is 1.44. The lowest BCUT2D eigenvalue weighted by Crippen LogP contribution is -2.43. The summed E-state index contributed by atoms with van der Waals surface area (Å²) in [5.41, 5.74) is 3.67. The maximum absolute atomic E-state index is 13.3. The van der Waals surface area contributed by atoms with Gasteiger partial charge in [-0.3, -0.25) is 4.79 Å². The fourth-order valence-electron chi connectivity index (χ4n) is 10.9. The lowest BCUT2D eigenvalue weighted by Gasteiger charge is -2.51. The monoisotopic (exact) mass is 719 g/mol. The van der Waals surface area contributed by atoms with Crippen molar-refractivity contribution in [3.63, 3.8) is 0 Å². The van der Waals surface area contributed by atoms with Crippen LogP contribution in [0.4, 0.5) is 22.0 Å². The van der Waals surface area contributed by atoms with Crippen molar-refractivity contribution in [3.8, 4) is 5.75 Å². The Balaban J connectivity index is 0.896. The summed E-state index contributed by atoms with van der Waals surface area (Å²) in [4.78, 5) is 28.4. The van der Waals surface area contributed by atoms with Crippen LogP contribution < -0.4 is 4.74 Å². The van der Waals surface area contributed by atoms with Gasteiger partial charge in [-0.05, 0) is 154 Å². The van der Waals surface area contributed by atoms with E-state index in [1.165, 1.54) is 29.3 Å². The second kappa shape index (κ2) is 14.0. The Morgan fingerprint density at radius 3 is 2.56 bits per heavy atom. The average Bonchev–Trinajstić information content (AvgIpc) is 3.95. The highest BCUT2D eigenvalue weighted by atomic mass is 32.2. The fraction of sp³-hybridized carbons (Fsp3) is 0.700. The van der Waals surface area contributed by atoms with Crippen molar-refractivity contribution in [2.75, 3.05) is 31.6 Å². The van der Waals surface area contributed by atoms with Crippen LogP contribution in [0.3, 0.4) is 0 Å². The summed E-state index contributed by atoms with van der Waals surface area (Å²) in [5, 5.41) is 0. The largest absolute Gasteiger partial charge is 0.453 e. The summed E-state index contributed by atoms with van der Waals surface area (Å²) in [7, 11) is 2.08. The van der Waals surface area contributed by atoms with Crippen molar-refractivity contribution < 1.29 is 36.3 Å². The highest BCUT2D eigenvalue weighted by Gasteiger charge is 2.96. The Kier molecular flexibility index (Phi) is 10.1. The van der Waals surface area contributed by atoms with Crippen LogP contribution in [0.15, 0.2) is 42.0 Å². The summed E-state index contributed by atoms with van der Waals surface area (Å²) in [5.74, 6) is -0.00511. The normalized spacial score (nSPS) is 32.1. The van der Waals surface area contributed by atoms with Crippen LogP contribution >= 0.6 is 11.8 Å². The number of hydrogen-bond acceptors (Lipinski definition) is 5. The van der Waals surface area contributed by atoms with E-state index in [4.69, 9.17) is 4.74 Å². The molecule has 4 nitrogen and oxygen atoms in total. The first-order valence-corrected chi connectivity index (χ1v) is 20.0. The molecule has 50 heavy (non-hydrogen) atoms. The molecule has 6 unspecified atom stereocenters. The first kappa shape index (κ1) is 36.2. The van der Waals surface area contributed by atoms with E-state index in [0.717, 1.165) is 89.5 Å². The number of thioether (sulfide) groups is 1. The van der Waals surface area contributed by atoms with Gasteiger partial charge in [-0.25, -0.2) is 4.79 Å². The molecule has 4 saturated carbocycles. The number of esters is 1. The quantitative estimate of drug-likeness (QED) is 0.0737. The van der Waals surface area contributed by atoms with Crippen LogP contribution in [0.1, 0.15) is 101 Å². The van der Waals surface area contributed by atoms with Gasteiger partial charge in [-0.15, -0.1) is 0 Å². The molecule has 1 aromatic carbocycles. The van der Waals surface area contributed by atoms with Crippen molar-refractivity contribution in [3.05, 3.63) is 53.1 Å². The number of unbranched alkanes of at least 4 members (excludes halogenated alkanes) is 2. The van der Waals surface area contributed by atoms with Gasteiger partial charge in [0.2, 0.25) is 0 Å². The van der Waals surface area contributed by atoms with Crippen LogP contribution in [0.25, 0.3) is 0 Å². The lowest BCUT2D eigenvalue weighted by atomic mass is 9.53. The lowest BCUT2D eigenvalue weighted by molar-refractivity contribution is -0.284. The van der Waals surface area contributed by atoms with E-state index in [9.17, 15) is 31.5 Å². The third-order valence-electron chi connectivity index (χ3n) is 13.3. The van der Waals surface area contributed by atoms with Crippen molar-refractivity contribution in [2.45, 2.75) is 108 Å². The molecule has 1 aromatic rings. The van der Waals surface area contributed by atoms with Crippen molar-refractivity contribution in [1.82, 2.24) is 4.90 Å². The van der Waals surface area contributed by atoms with Gasteiger partial charge in [0.25, 0.3) is 0 Å². The molecule has 0 N–H and O–H groups in total. The highest BCUT2D eigenvalue weighted by Crippen LogP contribution is 2.97. The number of allylic oxidation sites excluding steroid dienone is 2. The van der Waals surface area contributed by atoms with E-state index in [1.807, 2.05) is 24.3 Å². The molecule has 4 fully saturated rings. The molecule has 0 amide bonds. The van der Waals surface area contributed by atoms with Crippen molar-refractivity contribution in [1.29, 1.82) is 0 Å². The van der Waals surface area contributed by atoms with Gasteiger partial charge in [0.15, 0.2) is 0 Å². The number of benzene rings is 1. The van der Waals surface area contributed by atoms with Gasteiger partial charge in [-0.1, -0.05) is 37.1 Å². The minimum atomic E-state index is -5.47. The molecule has 10 heteroatoms. The maximum Gasteiger partial charge on any atom is 0.453 e. The average molecular weight is 720 g/mol. The molecule has 7 atom stereocenters. The molecule has 2 spiro atoms. The van der Waals surface area contributed by atoms with E-state index < -0.39 is 18.5 Å². The fourth-order valence-corrected chi connectivity index (χ4v) is 11.8. The minimum absolute atomic E-state index is 0.0542. The Bertz CT molecular complexity index is 1520. The van der Waals surface area contributed by atoms with Gasteiger partial charge < -0.3 is 9.64 Å². The number of rotatable bonds is 16. The van der Waals surface area contributed by atoms with Gasteiger partial charge in [0.05, 0.1) is 5.57 Å². The van der Waals surface area contributed by atoms with Crippen molar-refractivity contribution in [2.24, 2.45) is 34.5 Å². The molecule has 6 aliphatic carbocycles. The van der Waals surface area contributed by atoms with Crippen LogP contribution in [0, 0.1) is 34.5 Å². The molecule has 0 saturated heterocycles. The summed E-state index contributed by atoms with van der Waals surface area (Å²) in [6, 6.07) is 6.28. The number of halogens is 5. The van der Waals surface area contributed by atoms with Crippen LogP contribution in [-0.4, -0.2) is 60.4 Å². The number of fused-ring (bicyclic) bond motifs is 4. The number of ketones is 1. The van der Waals surface area contributed by atoms with Gasteiger partial charge in [-0.2, -0.15) is 33.7 Å². The van der Waals surface area contributed by atoms with E-state index >= 15 is 0 Å². The molecule has 0 bridgehead atoms. The molecule has 7 rings (SSSR count). The maximum atomic E-state index is 13.3. The third-order valence-corrected chi connectivity index (χ3v) is 14.5. The zero-order chi connectivity index (χ0) is 35.3. The van der Waals surface area contributed by atoms with Crippen LogP contribution in [-0.2, 0) is 16.0 Å². The molecule has 274 valence electrons. The third kappa shape index (κ3) is 6.51. The Morgan fingerprint density at radius 1 is 1.02 bits per heavy atom. The second-order valence-electron chi connectivity index (χ2n) is 16.0. The highest BCUT2D eigenvalue weighted by molar-refractivity contribution is 7.99. The van der Waals surface area contributed by atoms with Crippen LogP contribution in [0.5, 0.6) is 5.75 Å². The molecule has 0 heterocycles. The summed E-state index contributed by atoms with van der Waals surface area (Å²) < 4.78 is 68.9. The number of nitrogens with zero attached hydrogens (tertiary/aromatic N) is 1. The number of carbonyl (C=O) groups is 2. The zero-order valence-electron chi connectivity index (χ0n) is 29.0. The van der Waals surface area contributed by atoms with Gasteiger partial charge in [0.1, 0.15) is 11.5 Å². The number of hydrogen-bond donors (Lipinski definition) is 0. The standard InChI is InChI=1S/C40H50F5NO3S/c1-46(19-9-21-50-20-8-16-39(41,42)40(43,44)45)18-7-3-6-12-27-22-28-23-29(49-36(48)26-10-4-2-5-11-26)13-14-30(28)31-15-17-37-32(35(27)31)24-34(47)38(37)25-33(37)38/h4,10-11,13-14,23,27,31-33,35H,2-3,5-9,12,15-22,24-25H2,1H3/t27-,31?,32?,33?,35?,37?,38?/m1/s1. The number of Topliss-reactive ketones (excluding diaryl/α,β-unsaturated/α-hetero) is 1. The topological polar surface area (TPSA) is 46.6 Å². The Hall–Kier alpha value is -2.20. The minimum Gasteiger partial charge on any atom is -0.423 e. The van der Waals surface area contributed by atoms with E-state index in [1.54, 1.807) is 0 Å². The Morgan fingerprint density at radius 2 is 1.82 bits per heavy atom. The number of ether oxygens (including phenoxy) is 1. The number of carbonyl (C=O) groups excluding carboxylic acids is 2. The number of alkyl halides is 5. The van der Waals surface area contributed by atoms with E-state index in [2.05, 4.69) is 24.1 Å². The molecule has 0 aliphatic heterocycles. The first-order valence-electron chi connectivity index (χ1n) is 18.8. The summed E-state index contributed by atoms with van der Waals surface area (Å²) in [6.45, 7) is 1.84. The van der Waals surface area contributed by atoms with Gasteiger partial charge in [0, 0.05) is 18.3 Å². The smallest absolute Gasteiger partial charge is 0.423 e. The zero-order valence-corrected chi connectivity index (χ0v) is 29.9. The molecular weight excluding hydrogens is 670 g/mol. The van der Waals surface area contributed by atoms with E-state index in [-0.39, 0.29) is 17.8 Å². The van der Waals surface area contributed by atoms with Crippen LogP contribution in [0.2, 0.25) is 0 Å². The SMILES string of the molecule is CN(CCCCC[C@@H]1Cc2cc(OC(=O)C3=CCCC=C3)ccc2C2CCC34C(CC(=O)C35CC54)C21)CCCSCCCC(F)(F)C(F)(F)F. The summed E-state index contributed by atoms with van der Waals surface area (Å²) in [6.07, 6.45) is 11.4. The molecule has 6 aliphatic rings. The predicted octanol–water partition coefficient (Wildman–Crippen LogP) is 9.72.